The number of hydrogen-bond donors (Lipinski definition) is 1. The summed E-state index contributed by atoms with van der Waals surface area (Å²) >= 11 is 1.62. The van der Waals surface area contributed by atoms with Gasteiger partial charge in [0, 0.05) is 11.8 Å². The molecule has 1 fully saturated rings. The van der Waals surface area contributed by atoms with Crippen LogP contribution in [0.15, 0.2) is 47.4 Å². The second-order valence-electron chi connectivity index (χ2n) is 8.96. The smallest absolute Gasteiger partial charge is 0.308 e. The summed E-state index contributed by atoms with van der Waals surface area (Å²) in [4.78, 5) is 12.4. The molecule has 0 spiro atoms. The van der Waals surface area contributed by atoms with Gasteiger partial charge in [0.15, 0.2) is 11.5 Å². The summed E-state index contributed by atoms with van der Waals surface area (Å²) in [6.07, 6.45) is 0.402. The molecule has 178 valence electrons. The van der Waals surface area contributed by atoms with Crippen LogP contribution in [0.5, 0.6) is 11.5 Å². The van der Waals surface area contributed by atoms with Gasteiger partial charge in [0.1, 0.15) is 0 Å². The Kier molecular flexibility index (Phi) is 6.93. The topological polar surface area (TPSA) is 93.1 Å². The number of hydrogen-bond acceptors (Lipinski definition) is 6. The molecule has 1 saturated heterocycles. The van der Waals surface area contributed by atoms with Gasteiger partial charge in [-0.2, -0.15) is 16.1 Å². The van der Waals surface area contributed by atoms with Crippen LogP contribution in [-0.2, 0) is 14.8 Å². The zero-order chi connectivity index (χ0) is 23.8. The molecule has 1 N–H and O–H groups in total. The molecule has 2 aliphatic heterocycles. The average molecular weight is 492 g/mol. The maximum absolute atomic E-state index is 13.7. The summed E-state index contributed by atoms with van der Waals surface area (Å²) in [7, 11) is -3.92. The lowest BCUT2D eigenvalue weighted by molar-refractivity contribution is -0.143. The van der Waals surface area contributed by atoms with E-state index in [0.29, 0.717) is 23.8 Å². The number of sulfonamides is 1. The third kappa shape index (κ3) is 5.00. The molecule has 9 heteroatoms. The Morgan fingerprint density at radius 1 is 1.15 bits per heavy atom. The first-order valence-corrected chi connectivity index (χ1v) is 13.5. The van der Waals surface area contributed by atoms with Gasteiger partial charge in [-0.3, -0.25) is 4.79 Å². The van der Waals surface area contributed by atoms with Crippen molar-refractivity contribution in [2.45, 2.75) is 43.4 Å². The molecular formula is C24H29NO6S2. The van der Waals surface area contributed by atoms with Crippen molar-refractivity contribution in [1.29, 1.82) is 0 Å². The number of thioether (sulfide) groups is 1. The number of piperidine rings is 1. The van der Waals surface area contributed by atoms with Crippen molar-refractivity contribution in [3.63, 3.8) is 0 Å². The molecular weight excluding hydrogens is 462 g/mol. The van der Waals surface area contributed by atoms with Crippen LogP contribution in [0.3, 0.4) is 0 Å². The summed E-state index contributed by atoms with van der Waals surface area (Å²) in [6.45, 7) is 6.12. The van der Waals surface area contributed by atoms with Crippen molar-refractivity contribution in [2.75, 3.05) is 19.1 Å². The van der Waals surface area contributed by atoms with Gasteiger partial charge in [0.25, 0.3) is 0 Å². The van der Waals surface area contributed by atoms with E-state index in [0.717, 1.165) is 16.9 Å². The van der Waals surface area contributed by atoms with Crippen LogP contribution in [-0.4, -0.2) is 48.1 Å². The number of rotatable bonds is 7. The van der Waals surface area contributed by atoms with E-state index in [2.05, 4.69) is 13.8 Å². The van der Waals surface area contributed by atoms with E-state index in [-0.39, 0.29) is 23.5 Å². The monoisotopic (exact) mass is 491 g/mol. The number of aliphatic carboxylic acids is 1. The molecule has 2 heterocycles. The van der Waals surface area contributed by atoms with Crippen LogP contribution in [0.25, 0.3) is 0 Å². The molecule has 0 unspecified atom stereocenters. The van der Waals surface area contributed by atoms with Crippen molar-refractivity contribution in [3.05, 3.63) is 53.6 Å². The maximum atomic E-state index is 13.7. The third-order valence-corrected chi connectivity index (χ3v) is 9.70. The minimum atomic E-state index is -3.92. The lowest BCUT2D eigenvalue weighted by atomic mass is 9.90. The highest BCUT2D eigenvalue weighted by molar-refractivity contribution is 7.99. The largest absolute Gasteiger partial charge is 0.481 e. The summed E-state index contributed by atoms with van der Waals surface area (Å²) in [5.41, 5.74) is 1.72. The first-order valence-electron chi connectivity index (χ1n) is 11.0. The molecule has 0 saturated carbocycles. The molecule has 0 amide bonds. The van der Waals surface area contributed by atoms with E-state index in [4.69, 9.17) is 9.47 Å². The van der Waals surface area contributed by atoms with Gasteiger partial charge in [-0.25, -0.2) is 8.42 Å². The van der Waals surface area contributed by atoms with Gasteiger partial charge in [-0.15, -0.1) is 0 Å². The van der Waals surface area contributed by atoms with Crippen LogP contribution in [0, 0.1) is 18.8 Å². The zero-order valence-corrected chi connectivity index (χ0v) is 20.6. The van der Waals surface area contributed by atoms with E-state index < -0.39 is 28.0 Å². The first-order chi connectivity index (χ1) is 15.7. The number of carboxylic acids is 1. The van der Waals surface area contributed by atoms with E-state index in [9.17, 15) is 18.3 Å². The Morgan fingerprint density at radius 3 is 2.52 bits per heavy atom. The molecule has 2 aromatic rings. The molecule has 0 bridgehead atoms. The number of fused-ring (bicyclic) bond motifs is 1. The molecule has 0 aromatic heterocycles. The Morgan fingerprint density at radius 2 is 1.85 bits per heavy atom. The first kappa shape index (κ1) is 23.9. The normalized spacial score (nSPS) is 23.1. The lowest BCUT2D eigenvalue weighted by Gasteiger charge is -2.42. The van der Waals surface area contributed by atoms with Crippen LogP contribution < -0.4 is 9.47 Å². The predicted octanol–water partition coefficient (Wildman–Crippen LogP) is 4.32. The summed E-state index contributed by atoms with van der Waals surface area (Å²) in [5.74, 6) is 0.655. The quantitative estimate of drug-likeness (QED) is 0.617. The van der Waals surface area contributed by atoms with E-state index in [1.54, 1.807) is 42.1 Å². The van der Waals surface area contributed by atoms with E-state index in [1.165, 1.54) is 4.31 Å². The van der Waals surface area contributed by atoms with Crippen LogP contribution >= 0.6 is 11.8 Å². The Balaban J connectivity index is 1.75. The number of benzene rings is 2. The fourth-order valence-electron chi connectivity index (χ4n) is 4.21. The lowest BCUT2D eigenvalue weighted by Crippen LogP contribution is -2.49. The van der Waals surface area contributed by atoms with Crippen molar-refractivity contribution in [3.8, 4) is 11.5 Å². The number of nitrogens with zero attached hydrogens (tertiary/aromatic N) is 1. The van der Waals surface area contributed by atoms with Crippen LogP contribution in [0.2, 0.25) is 0 Å². The highest BCUT2D eigenvalue weighted by Gasteiger charge is 2.45. The minimum absolute atomic E-state index is 0.0829. The molecule has 33 heavy (non-hydrogen) atoms. The van der Waals surface area contributed by atoms with Crippen LogP contribution in [0.4, 0.5) is 0 Å². The molecule has 0 aliphatic carbocycles. The average Bonchev–Trinajstić information content (AvgIpc) is 3.25. The van der Waals surface area contributed by atoms with Gasteiger partial charge >= 0.3 is 5.97 Å². The molecule has 7 nitrogen and oxygen atoms in total. The molecule has 3 atom stereocenters. The zero-order valence-electron chi connectivity index (χ0n) is 18.9. The fourth-order valence-corrected chi connectivity index (χ4v) is 7.25. The van der Waals surface area contributed by atoms with Crippen molar-refractivity contribution in [2.24, 2.45) is 11.8 Å². The standard InChI is InChI=1S/C24H29NO6S2/c1-15(2)13-32-23-11-20(17-6-9-21-22(10-17)31-14-30-21)25(12-19(23)24(26)27)33(28,29)18-7-4-16(3)5-8-18/h4-10,15,19-20,23H,11-14H2,1-3H3,(H,26,27)/t19-,20+,23-/m1/s1. The number of ether oxygens (including phenoxy) is 2. The fraction of sp³-hybridized carbons (Fsp3) is 0.458. The summed E-state index contributed by atoms with van der Waals surface area (Å²) in [6, 6.07) is 11.6. The third-order valence-electron chi connectivity index (χ3n) is 6.00. The number of aryl methyl sites for hydroxylation is 1. The van der Waals surface area contributed by atoms with Gasteiger partial charge in [0.05, 0.1) is 16.9 Å². The van der Waals surface area contributed by atoms with E-state index >= 15 is 0 Å². The summed E-state index contributed by atoms with van der Waals surface area (Å²) in [5, 5.41) is 9.77. The van der Waals surface area contributed by atoms with Crippen molar-refractivity contribution >= 4 is 27.8 Å². The van der Waals surface area contributed by atoms with E-state index in [1.807, 2.05) is 19.1 Å². The van der Waals surface area contributed by atoms with Crippen molar-refractivity contribution in [1.82, 2.24) is 4.31 Å². The SMILES string of the molecule is Cc1ccc(S(=O)(=O)N2C[C@@H](C(=O)O)[C@H](SCC(C)C)C[C@H]2c2ccc3c(c2)OCO3)cc1. The molecule has 2 aromatic carbocycles. The predicted molar refractivity (Wildman–Crippen MR) is 127 cm³/mol. The highest BCUT2D eigenvalue weighted by Crippen LogP contribution is 2.44. The Hall–Kier alpha value is -2.23. The second kappa shape index (κ2) is 9.56. The summed E-state index contributed by atoms with van der Waals surface area (Å²) < 4.78 is 39.8. The van der Waals surface area contributed by atoms with Gasteiger partial charge in [0.2, 0.25) is 16.8 Å². The molecule has 2 aliphatic rings. The minimum Gasteiger partial charge on any atom is -0.481 e. The van der Waals surface area contributed by atoms with Crippen molar-refractivity contribution < 1.29 is 27.8 Å². The Labute approximate surface area is 199 Å². The Bertz CT molecular complexity index is 1120. The number of carbonyl (C=O) groups is 1. The molecule has 4 rings (SSSR count). The highest BCUT2D eigenvalue weighted by atomic mass is 32.2. The van der Waals surface area contributed by atoms with Gasteiger partial charge in [-0.05, 0) is 54.8 Å². The number of carboxylic acid groups (broad SMARTS) is 1. The second-order valence-corrected chi connectivity index (χ2v) is 12.1. The van der Waals surface area contributed by atoms with Crippen LogP contribution in [0.1, 0.15) is 37.4 Å². The molecule has 0 radical (unpaired) electrons. The maximum Gasteiger partial charge on any atom is 0.308 e. The van der Waals surface area contributed by atoms with Gasteiger partial charge < -0.3 is 14.6 Å². The van der Waals surface area contributed by atoms with Gasteiger partial charge in [-0.1, -0.05) is 37.6 Å².